The Balaban J connectivity index is 1.95. The first-order valence-electron chi connectivity index (χ1n) is 6.18. The maximum absolute atomic E-state index is 12.1. The van der Waals surface area contributed by atoms with Gasteiger partial charge in [0.25, 0.3) is 0 Å². The Hall–Kier alpha value is -1.86. The molecule has 0 bridgehead atoms. The summed E-state index contributed by atoms with van der Waals surface area (Å²) in [5, 5.41) is 11.9. The zero-order valence-corrected chi connectivity index (χ0v) is 10.5. The maximum atomic E-state index is 12.1. The lowest BCUT2D eigenvalue weighted by Gasteiger charge is -2.21. The van der Waals surface area contributed by atoms with Crippen LogP contribution in [0.4, 0.5) is 0 Å². The van der Waals surface area contributed by atoms with Gasteiger partial charge in [0.15, 0.2) is 0 Å². The summed E-state index contributed by atoms with van der Waals surface area (Å²) in [6.45, 7) is 1.52. The first-order valence-corrected chi connectivity index (χ1v) is 6.18. The van der Waals surface area contributed by atoms with Crippen molar-refractivity contribution in [2.45, 2.75) is 25.4 Å². The molecule has 1 heterocycles. The molecule has 0 aromatic heterocycles. The highest BCUT2D eigenvalue weighted by Crippen LogP contribution is 2.11. The first kappa shape index (κ1) is 12.6. The van der Waals surface area contributed by atoms with E-state index in [0.717, 1.165) is 24.9 Å². The van der Waals surface area contributed by atoms with Crippen molar-refractivity contribution in [3.63, 3.8) is 0 Å². The van der Waals surface area contributed by atoms with Crippen molar-refractivity contribution in [2.24, 2.45) is 0 Å². The van der Waals surface area contributed by atoms with Crippen molar-refractivity contribution in [3.05, 3.63) is 35.4 Å². The Morgan fingerprint density at radius 3 is 2.78 bits per heavy atom. The normalized spacial score (nSPS) is 18.3. The van der Waals surface area contributed by atoms with Crippen LogP contribution in [-0.4, -0.2) is 30.4 Å². The van der Waals surface area contributed by atoms with E-state index in [1.165, 1.54) is 0 Å². The fraction of sp³-hybridized carbons (Fsp3) is 0.429. The minimum absolute atomic E-state index is 0.0200. The van der Waals surface area contributed by atoms with Crippen molar-refractivity contribution in [1.82, 2.24) is 10.2 Å². The second-order valence-corrected chi connectivity index (χ2v) is 4.65. The molecular formula is C14H17N3O. The number of nitrogens with zero attached hydrogens (tertiary/aromatic N) is 2. The summed E-state index contributed by atoms with van der Waals surface area (Å²) in [5.41, 5.74) is 1.69. The number of benzene rings is 1. The molecule has 94 valence electrons. The number of nitriles is 1. The van der Waals surface area contributed by atoms with Crippen LogP contribution in [0.1, 0.15) is 24.0 Å². The average molecular weight is 243 g/mol. The summed E-state index contributed by atoms with van der Waals surface area (Å²) < 4.78 is 0. The Kier molecular flexibility index (Phi) is 3.96. The summed E-state index contributed by atoms with van der Waals surface area (Å²) >= 11 is 0. The van der Waals surface area contributed by atoms with E-state index in [1.54, 1.807) is 17.0 Å². The monoisotopic (exact) mass is 243 g/mol. The van der Waals surface area contributed by atoms with Crippen LogP contribution < -0.4 is 5.32 Å². The fourth-order valence-electron chi connectivity index (χ4n) is 2.20. The number of carbonyl (C=O) groups is 1. The molecule has 0 radical (unpaired) electrons. The Morgan fingerprint density at radius 2 is 2.22 bits per heavy atom. The minimum Gasteiger partial charge on any atom is -0.340 e. The summed E-state index contributed by atoms with van der Waals surface area (Å²) in [5.74, 6) is 0.150. The van der Waals surface area contributed by atoms with Crippen LogP contribution in [0.3, 0.4) is 0 Å². The van der Waals surface area contributed by atoms with Crippen LogP contribution in [0, 0.1) is 11.3 Å². The van der Waals surface area contributed by atoms with Gasteiger partial charge in [-0.1, -0.05) is 12.1 Å². The predicted molar refractivity (Wildman–Crippen MR) is 68.7 cm³/mol. The first-order chi connectivity index (χ1) is 8.70. The second kappa shape index (κ2) is 5.65. The predicted octanol–water partition coefficient (Wildman–Crippen LogP) is 1.27. The molecule has 2 rings (SSSR count). The SMILES string of the molecule is CN(Cc1ccc(C#N)cc1)C(=O)[C@@H]1CCCN1. The fourth-order valence-corrected chi connectivity index (χ4v) is 2.20. The van der Waals surface area contributed by atoms with Crippen LogP contribution >= 0.6 is 0 Å². The minimum atomic E-state index is -0.0200. The van der Waals surface area contributed by atoms with E-state index in [2.05, 4.69) is 11.4 Å². The molecule has 1 fully saturated rings. The molecule has 18 heavy (non-hydrogen) atoms. The van der Waals surface area contributed by atoms with Gasteiger partial charge in [-0.2, -0.15) is 5.26 Å². The zero-order valence-electron chi connectivity index (χ0n) is 10.5. The van der Waals surface area contributed by atoms with Gasteiger partial charge in [0.1, 0.15) is 0 Å². The molecule has 0 saturated carbocycles. The third kappa shape index (κ3) is 2.88. The summed E-state index contributed by atoms with van der Waals surface area (Å²) in [7, 11) is 1.82. The highest BCUT2D eigenvalue weighted by molar-refractivity contribution is 5.81. The van der Waals surface area contributed by atoms with E-state index < -0.39 is 0 Å². The van der Waals surface area contributed by atoms with Crippen molar-refractivity contribution in [3.8, 4) is 6.07 Å². The summed E-state index contributed by atoms with van der Waals surface area (Å²) in [4.78, 5) is 13.8. The van der Waals surface area contributed by atoms with Gasteiger partial charge in [0, 0.05) is 13.6 Å². The molecule has 1 aliphatic rings. The van der Waals surface area contributed by atoms with Crippen molar-refractivity contribution >= 4 is 5.91 Å². The van der Waals surface area contributed by atoms with E-state index in [9.17, 15) is 4.79 Å². The van der Waals surface area contributed by atoms with Gasteiger partial charge in [-0.3, -0.25) is 4.79 Å². The van der Waals surface area contributed by atoms with Crippen LogP contribution in [0.5, 0.6) is 0 Å². The van der Waals surface area contributed by atoms with Gasteiger partial charge < -0.3 is 10.2 Å². The maximum Gasteiger partial charge on any atom is 0.239 e. The van der Waals surface area contributed by atoms with Crippen molar-refractivity contribution < 1.29 is 4.79 Å². The van der Waals surface area contributed by atoms with Gasteiger partial charge in [0.05, 0.1) is 17.7 Å². The Bertz CT molecular complexity index is 455. The third-order valence-electron chi connectivity index (χ3n) is 3.24. The average Bonchev–Trinajstić information content (AvgIpc) is 2.92. The van der Waals surface area contributed by atoms with E-state index in [0.29, 0.717) is 12.1 Å². The number of hydrogen-bond donors (Lipinski definition) is 1. The molecule has 1 atom stereocenters. The molecule has 4 nitrogen and oxygen atoms in total. The number of amides is 1. The molecule has 1 saturated heterocycles. The van der Waals surface area contributed by atoms with Gasteiger partial charge >= 0.3 is 0 Å². The second-order valence-electron chi connectivity index (χ2n) is 4.65. The lowest BCUT2D eigenvalue weighted by atomic mass is 10.1. The number of carbonyl (C=O) groups excluding carboxylic acids is 1. The zero-order chi connectivity index (χ0) is 13.0. The topological polar surface area (TPSA) is 56.1 Å². The molecule has 1 amide bonds. The quantitative estimate of drug-likeness (QED) is 0.869. The molecule has 1 aromatic rings. The van der Waals surface area contributed by atoms with E-state index >= 15 is 0 Å². The van der Waals surface area contributed by atoms with Gasteiger partial charge in [0.2, 0.25) is 5.91 Å². The van der Waals surface area contributed by atoms with E-state index in [1.807, 2.05) is 19.2 Å². The van der Waals surface area contributed by atoms with Gasteiger partial charge in [-0.05, 0) is 37.1 Å². The molecule has 1 aliphatic heterocycles. The lowest BCUT2D eigenvalue weighted by Crippen LogP contribution is -2.41. The number of hydrogen-bond acceptors (Lipinski definition) is 3. The highest BCUT2D eigenvalue weighted by Gasteiger charge is 2.24. The van der Waals surface area contributed by atoms with Crippen LogP contribution in [0.25, 0.3) is 0 Å². The third-order valence-corrected chi connectivity index (χ3v) is 3.24. The van der Waals surface area contributed by atoms with Crippen LogP contribution in [-0.2, 0) is 11.3 Å². The molecular weight excluding hydrogens is 226 g/mol. The summed E-state index contributed by atoms with van der Waals surface area (Å²) in [6, 6.07) is 9.41. The molecule has 0 unspecified atom stereocenters. The van der Waals surface area contributed by atoms with Gasteiger partial charge in [-0.15, -0.1) is 0 Å². The van der Waals surface area contributed by atoms with Crippen molar-refractivity contribution in [2.75, 3.05) is 13.6 Å². The van der Waals surface area contributed by atoms with Gasteiger partial charge in [-0.25, -0.2) is 0 Å². The molecule has 1 aromatic carbocycles. The molecule has 4 heteroatoms. The van der Waals surface area contributed by atoms with Crippen LogP contribution in [0.15, 0.2) is 24.3 Å². The molecule has 1 N–H and O–H groups in total. The standard InChI is InChI=1S/C14H17N3O/c1-17(14(18)13-3-2-8-16-13)10-12-6-4-11(9-15)5-7-12/h4-7,13,16H,2-3,8,10H2,1H3/t13-/m0/s1. The Labute approximate surface area is 107 Å². The Morgan fingerprint density at radius 1 is 1.50 bits per heavy atom. The number of likely N-dealkylation sites (N-methyl/N-ethyl adjacent to an activating group) is 1. The number of nitrogens with one attached hydrogen (secondary N) is 1. The molecule has 0 spiro atoms. The highest BCUT2D eigenvalue weighted by atomic mass is 16.2. The number of rotatable bonds is 3. The summed E-state index contributed by atoms with van der Waals surface area (Å²) in [6.07, 6.45) is 2.00. The smallest absolute Gasteiger partial charge is 0.239 e. The van der Waals surface area contributed by atoms with E-state index in [4.69, 9.17) is 5.26 Å². The molecule has 0 aliphatic carbocycles. The van der Waals surface area contributed by atoms with Crippen molar-refractivity contribution in [1.29, 1.82) is 5.26 Å². The van der Waals surface area contributed by atoms with E-state index in [-0.39, 0.29) is 11.9 Å². The largest absolute Gasteiger partial charge is 0.340 e. The lowest BCUT2D eigenvalue weighted by molar-refractivity contribution is -0.132. The van der Waals surface area contributed by atoms with Crippen LogP contribution in [0.2, 0.25) is 0 Å².